The predicted molar refractivity (Wildman–Crippen MR) is 73.3 cm³/mol. The predicted octanol–water partition coefficient (Wildman–Crippen LogP) is 2.87. The maximum Gasteiger partial charge on any atom is 0.251 e. The molecule has 0 fully saturated rings. The summed E-state index contributed by atoms with van der Waals surface area (Å²) in [6, 6.07) is 6.19. The van der Waals surface area contributed by atoms with Crippen molar-refractivity contribution in [2.45, 2.75) is 6.42 Å². The van der Waals surface area contributed by atoms with Crippen molar-refractivity contribution in [3.8, 4) is 5.75 Å². The minimum absolute atomic E-state index is 0.134. The van der Waals surface area contributed by atoms with Crippen LogP contribution in [-0.4, -0.2) is 19.6 Å². The van der Waals surface area contributed by atoms with Crippen LogP contribution in [0.5, 0.6) is 5.75 Å². The van der Waals surface area contributed by atoms with Crippen LogP contribution in [0.25, 0.3) is 0 Å². The molecule has 2 rings (SSSR count). The lowest BCUT2D eigenvalue weighted by Crippen LogP contribution is -2.25. The van der Waals surface area contributed by atoms with Gasteiger partial charge >= 0.3 is 0 Å². The first-order valence-corrected chi connectivity index (χ1v) is 6.78. The first-order chi connectivity index (χ1) is 9.20. The molecule has 1 aromatic heterocycles. The number of amides is 1. The van der Waals surface area contributed by atoms with Gasteiger partial charge in [0.25, 0.3) is 5.91 Å². The topological polar surface area (TPSA) is 38.3 Å². The zero-order chi connectivity index (χ0) is 13.7. The van der Waals surface area contributed by atoms with Gasteiger partial charge in [-0.3, -0.25) is 4.79 Å². The van der Waals surface area contributed by atoms with E-state index in [9.17, 15) is 9.18 Å². The van der Waals surface area contributed by atoms with Gasteiger partial charge in [-0.1, -0.05) is 0 Å². The lowest BCUT2D eigenvalue weighted by molar-refractivity contribution is 0.0953. The van der Waals surface area contributed by atoms with E-state index >= 15 is 0 Å². The third-order valence-electron chi connectivity index (χ3n) is 2.69. The average Bonchev–Trinajstić information content (AvgIpc) is 2.91. The van der Waals surface area contributed by atoms with Crippen molar-refractivity contribution < 1.29 is 13.9 Å². The second-order valence-electron chi connectivity index (χ2n) is 3.99. The first-order valence-electron chi connectivity index (χ1n) is 5.83. The highest BCUT2D eigenvalue weighted by atomic mass is 32.1. The summed E-state index contributed by atoms with van der Waals surface area (Å²) in [6.45, 7) is 0.531. The molecule has 2 aromatic rings. The molecule has 19 heavy (non-hydrogen) atoms. The van der Waals surface area contributed by atoms with Gasteiger partial charge in [0.1, 0.15) is 0 Å². The Balaban J connectivity index is 1.91. The molecule has 1 N–H and O–H groups in total. The van der Waals surface area contributed by atoms with E-state index in [1.165, 1.54) is 24.8 Å². The van der Waals surface area contributed by atoms with Gasteiger partial charge < -0.3 is 10.1 Å². The number of carbonyl (C=O) groups is 1. The third-order valence-corrected chi connectivity index (χ3v) is 3.43. The van der Waals surface area contributed by atoms with Gasteiger partial charge in [0.15, 0.2) is 11.6 Å². The van der Waals surface area contributed by atoms with E-state index in [1.807, 2.05) is 16.8 Å². The zero-order valence-electron chi connectivity index (χ0n) is 10.5. The number of hydrogen-bond acceptors (Lipinski definition) is 3. The van der Waals surface area contributed by atoms with Crippen LogP contribution in [-0.2, 0) is 6.42 Å². The summed E-state index contributed by atoms with van der Waals surface area (Å²) in [4.78, 5) is 11.8. The molecule has 0 saturated heterocycles. The molecule has 0 saturated carbocycles. The maximum atomic E-state index is 13.5. The lowest BCUT2D eigenvalue weighted by atomic mass is 10.2. The second kappa shape index (κ2) is 6.33. The molecule has 0 aliphatic carbocycles. The zero-order valence-corrected chi connectivity index (χ0v) is 11.3. The van der Waals surface area contributed by atoms with Gasteiger partial charge in [0.05, 0.1) is 7.11 Å². The monoisotopic (exact) mass is 279 g/mol. The molecule has 1 amide bonds. The third kappa shape index (κ3) is 3.54. The van der Waals surface area contributed by atoms with E-state index < -0.39 is 5.82 Å². The quantitative estimate of drug-likeness (QED) is 0.914. The highest BCUT2D eigenvalue weighted by Gasteiger charge is 2.09. The van der Waals surface area contributed by atoms with Crippen LogP contribution in [0.4, 0.5) is 4.39 Å². The smallest absolute Gasteiger partial charge is 0.251 e. The Morgan fingerprint density at radius 3 is 2.89 bits per heavy atom. The number of carbonyl (C=O) groups excluding carboxylic acids is 1. The van der Waals surface area contributed by atoms with Crippen LogP contribution in [0.2, 0.25) is 0 Å². The number of hydrogen-bond donors (Lipinski definition) is 1. The number of nitrogens with one attached hydrogen (secondary N) is 1. The molecular formula is C14H14FNO2S. The van der Waals surface area contributed by atoms with Crippen molar-refractivity contribution in [3.05, 3.63) is 52.0 Å². The van der Waals surface area contributed by atoms with Crippen molar-refractivity contribution >= 4 is 17.2 Å². The van der Waals surface area contributed by atoms with Crippen LogP contribution in [0.3, 0.4) is 0 Å². The number of benzene rings is 1. The summed E-state index contributed by atoms with van der Waals surface area (Å²) in [5.41, 5.74) is 1.48. The summed E-state index contributed by atoms with van der Waals surface area (Å²) >= 11 is 1.62. The van der Waals surface area contributed by atoms with Gasteiger partial charge in [0.2, 0.25) is 0 Å². The fourth-order valence-corrected chi connectivity index (χ4v) is 2.37. The van der Waals surface area contributed by atoms with Crippen molar-refractivity contribution in [3.63, 3.8) is 0 Å². The van der Waals surface area contributed by atoms with Crippen LogP contribution >= 0.6 is 11.3 Å². The molecule has 1 aromatic carbocycles. The molecule has 0 atom stereocenters. The summed E-state index contributed by atoms with van der Waals surface area (Å²) in [6.07, 6.45) is 0.772. The molecule has 0 radical (unpaired) electrons. The van der Waals surface area contributed by atoms with E-state index in [0.717, 1.165) is 6.42 Å². The lowest BCUT2D eigenvalue weighted by Gasteiger charge is -2.06. The van der Waals surface area contributed by atoms with Crippen molar-refractivity contribution in [2.75, 3.05) is 13.7 Å². The van der Waals surface area contributed by atoms with E-state index in [-0.39, 0.29) is 11.7 Å². The van der Waals surface area contributed by atoms with E-state index in [4.69, 9.17) is 4.74 Å². The largest absolute Gasteiger partial charge is 0.494 e. The Hall–Kier alpha value is -1.88. The van der Waals surface area contributed by atoms with Gasteiger partial charge in [-0.05, 0) is 47.0 Å². The molecule has 1 heterocycles. The highest BCUT2D eigenvalue weighted by molar-refractivity contribution is 7.07. The fraction of sp³-hybridized carbons (Fsp3) is 0.214. The fourth-order valence-electron chi connectivity index (χ4n) is 1.66. The van der Waals surface area contributed by atoms with Gasteiger partial charge in [-0.2, -0.15) is 11.3 Å². The minimum atomic E-state index is -0.534. The Kier molecular flexibility index (Phi) is 4.52. The Bertz CT molecular complexity index is 555. The number of methoxy groups -OCH3 is 1. The molecule has 0 spiro atoms. The number of rotatable bonds is 5. The van der Waals surface area contributed by atoms with Crippen LogP contribution in [0.15, 0.2) is 35.0 Å². The first kappa shape index (κ1) is 13.5. The molecule has 0 bridgehead atoms. The number of halogens is 1. The summed E-state index contributed by atoms with van der Waals surface area (Å²) in [7, 11) is 1.39. The molecular weight excluding hydrogens is 265 g/mol. The second-order valence-corrected chi connectivity index (χ2v) is 4.77. The van der Waals surface area contributed by atoms with Gasteiger partial charge in [-0.25, -0.2) is 4.39 Å². The van der Waals surface area contributed by atoms with Gasteiger partial charge in [-0.15, -0.1) is 0 Å². The van der Waals surface area contributed by atoms with E-state index in [2.05, 4.69) is 5.32 Å². The molecule has 0 aliphatic heterocycles. The maximum absolute atomic E-state index is 13.5. The minimum Gasteiger partial charge on any atom is -0.494 e. The van der Waals surface area contributed by atoms with Crippen molar-refractivity contribution in [2.24, 2.45) is 0 Å². The van der Waals surface area contributed by atoms with Crippen LogP contribution in [0.1, 0.15) is 15.9 Å². The number of thiophene rings is 1. The van der Waals surface area contributed by atoms with Crippen LogP contribution < -0.4 is 10.1 Å². The Labute approximate surface area is 115 Å². The molecule has 0 aliphatic rings. The van der Waals surface area contributed by atoms with Gasteiger partial charge in [0, 0.05) is 12.1 Å². The standard InChI is InChI=1S/C14H14FNO2S/c1-18-13-3-2-11(8-12(13)15)14(17)16-6-4-10-5-7-19-9-10/h2-3,5,7-9H,4,6H2,1H3,(H,16,17). The molecule has 0 unspecified atom stereocenters. The Morgan fingerprint density at radius 2 is 2.26 bits per heavy atom. The SMILES string of the molecule is COc1ccc(C(=O)NCCc2ccsc2)cc1F. The number of ether oxygens (including phenoxy) is 1. The summed E-state index contributed by atoms with van der Waals surface area (Å²) in [5, 5.41) is 6.80. The summed E-state index contributed by atoms with van der Waals surface area (Å²) in [5.74, 6) is -0.681. The van der Waals surface area contributed by atoms with E-state index in [0.29, 0.717) is 12.1 Å². The molecule has 3 nitrogen and oxygen atoms in total. The highest BCUT2D eigenvalue weighted by Crippen LogP contribution is 2.17. The van der Waals surface area contributed by atoms with Crippen molar-refractivity contribution in [1.29, 1.82) is 0 Å². The van der Waals surface area contributed by atoms with Crippen LogP contribution in [0, 0.1) is 5.82 Å². The van der Waals surface area contributed by atoms with Crippen molar-refractivity contribution in [1.82, 2.24) is 5.32 Å². The van der Waals surface area contributed by atoms with E-state index in [1.54, 1.807) is 17.4 Å². The molecule has 5 heteroatoms. The summed E-state index contributed by atoms with van der Waals surface area (Å²) < 4.78 is 18.3. The normalized spacial score (nSPS) is 10.2. The molecule has 100 valence electrons. The Morgan fingerprint density at radius 1 is 1.42 bits per heavy atom. The average molecular weight is 279 g/mol.